The van der Waals surface area contributed by atoms with Crippen molar-refractivity contribution >= 4 is 29.9 Å². The van der Waals surface area contributed by atoms with Crippen LogP contribution in [0.4, 0.5) is 22.0 Å². The van der Waals surface area contributed by atoms with Gasteiger partial charge in [-0.15, -0.1) is 24.0 Å². The monoisotopic (exact) mass is 494 g/mol. The molecule has 2 N–H and O–H groups in total. The molecule has 150 valence electrons. The van der Waals surface area contributed by atoms with Crippen LogP contribution in [-0.4, -0.2) is 50.3 Å². The summed E-state index contributed by atoms with van der Waals surface area (Å²) in [4.78, 5) is 5.31. The number of alkyl halides is 3. The maximum atomic E-state index is 13.8. The largest absolute Gasteiger partial charge is 0.401 e. The van der Waals surface area contributed by atoms with Crippen molar-refractivity contribution in [3.05, 3.63) is 35.4 Å². The smallest absolute Gasteiger partial charge is 0.357 e. The Balaban J connectivity index is 0.00000625. The van der Waals surface area contributed by atoms with Crippen molar-refractivity contribution in [3.63, 3.8) is 0 Å². The topological polar surface area (TPSA) is 39.7 Å². The molecule has 1 aromatic rings. The number of rotatable bonds is 7. The van der Waals surface area contributed by atoms with Crippen LogP contribution in [-0.2, 0) is 0 Å². The number of likely N-dealkylation sites (N-methyl/N-ethyl adjacent to an activating group) is 1. The Morgan fingerprint density at radius 3 is 2.46 bits per heavy atom. The lowest BCUT2D eigenvalue weighted by molar-refractivity contribution is -0.142. The normalized spacial score (nSPS) is 13.3. The van der Waals surface area contributed by atoms with Gasteiger partial charge in [-0.1, -0.05) is 6.07 Å². The molecule has 0 aromatic heterocycles. The molecule has 1 unspecified atom stereocenters. The average Bonchev–Trinajstić information content (AvgIpc) is 2.45. The summed E-state index contributed by atoms with van der Waals surface area (Å²) >= 11 is 0. The van der Waals surface area contributed by atoms with Crippen LogP contribution in [0.25, 0.3) is 0 Å². The SMILES string of the molecule is CCNC(=NCCN(C)CC(F)(F)F)NC(C)c1ccc(F)cc1F.I. The summed E-state index contributed by atoms with van der Waals surface area (Å²) in [5.74, 6) is -0.999. The van der Waals surface area contributed by atoms with Gasteiger partial charge in [0.25, 0.3) is 0 Å². The Morgan fingerprint density at radius 2 is 1.92 bits per heavy atom. The van der Waals surface area contributed by atoms with E-state index in [1.54, 1.807) is 6.92 Å². The van der Waals surface area contributed by atoms with Crippen LogP contribution in [0, 0.1) is 11.6 Å². The van der Waals surface area contributed by atoms with Crippen LogP contribution in [0.5, 0.6) is 0 Å². The van der Waals surface area contributed by atoms with Crippen LogP contribution in [0.1, 0.15) is 25.5 Å². The summed E-state index contributed by atoms with van der Waals surface area (Å²) < 4.78 is 63.6. The molecule has 0 aliphatic rings. The highest BCUT2D eigenvalue weighted by Crippen LogP contribution is 2.17. The van der Waals surface area contributed by atoms with Crippen molar-refractivity contribution in [2.45, 2.75) is 26.1 Å². The summed E-state index contributed by atoms with van der Waals surface area (Å²) in [5, 5.41) is 5.89. The average molecular weight is 494 g/mol. The zero-order valence-corrected chi connectivity index (χ0v) is 17.2. The van der Waals surface area contributed by atoms with Crippen molar-refractivity contribution in [1.82, 2.24) is 15.5 Å². The Morgan fingerprint density at radius 1 is 1.27 bits per heavy atom. The molecule has 1 aromatic carbocycles. The molecule has 0 bridgehead atoms. The standard InChI is InChI=1S/C16H23F5N4.HI/c1-4-22-15(23-7-8-25(3)10-16(19,20)21)24-11(2)13-6-5-12(17)9-14(13)18;/h5-6,9,11H,4,7-8,10H2,1-3H3,(H2,22,23,24);1H. The Kier molecular flexibility index (Phi) is 11.0. The predicted molar refractivity (Wildman–Crippen MR) is 103 cm³/mol. The Labute approximate surface area is 167 Å². The van der Waals surface area contributed by atoms with E-state index in [9.17, 15) is 22.0 Å². The maximum absolute atomic E-state index is 13.8. The third kappa shape index (κ3) is 9.51. The molecular formula is C16H24F5IN4. The highest BCUT2D eigenvalue weighted by atomic mass is 127. The van der Waals surface area contributed by atoms with Gasteiger partial charge in [0.1, 0.15) is 11.6 Å². The number of hydrogen-bond donors (Lipinski definition) is 2. The first kappa shape index (κ1) is 24.8. The van der Waals surface area contributed by atoms with Crippen LogP contribution in [0.15, 0.2) is 23.2 Å². The van der Waals surface area contributed by atoms with Gasteiger partial charge in [0.15, 0.2) is 5.96 Å². The highest BCUT2D eigenvalue weighted by Gasteiger charge is 2.28. The third-order valence-electron chi connectivity index (χ3n) is 3.33. The van der Waals surface area contributed by atoms with Crippen molar-refractivity contribution in [2.24, 2.45) is 4.99 Å². The lowest BCUT2D eigenvalue weighted by atomic mass is 10.1. The molecule has 0 saturated heterocycles. The number of nitrogens with zero attached hydrogens (tertiary/aromatic N) is 2. The lowest BCUT2D eigenvalue weighted by Crippen LogP contribution is -2.40. The predicted octanol–water partition coefficient (Wildman–Crippen LogP) is 3.69. The van der Waals surface area contributed by atoms with Gasteiger partial charge in [-0.2, -0.15) is 13.2 Å². The van der Waals surface area contributed by atoms with Gasteiger partial charge in [-0.25, -0.2) is 8.78 Å². The molecule has 0 aliphatic carbocycles. The summed E-state index contributed by atoms with van der Waals surface area (Å²) in [6.45, 7) is 3.29. The zero-order valence-electron chi connectivity index (χ0n) is 14.8. The quantitative estimate of drug-likeness (QED) is 0.263. The second-order valence-corrected chi connectivity index (χ2v) is 5.65. The second kappa shape index (κ2) is 11.5. The van der Waals surface area contributed by atoms with E-state index < -0.39 is 30.4 Å². The number of benzene rings is 1. The van der Waals surface area contributed by atoms with Gasteiger partial charge in [0, 0.05) is 24.7 Å². The fourth-order valence-electron chi connectivity index (χ4n) is 2.17. The van der Waals surface area contributed by atoms with Crippen molar-refractivity contribution in [1.29, 1.82) is 0 Å². The van der Waals surface area contributed by atoms with Gasteiger partial charge in [0.05, 0.1) is 19.1 Å². The van der Waals surface area contributed by atoms with E-state index in [0.29, 0.717) is 12.5 Å². The zero-order chi connectivity index (χ0) is 19.0. The number of guanidine groups is 1. The van der Waals surface area contributed by atoms with Gasteiger partial charge in [-0.3, -0.25) is 9.89 Å². The molecule has 0 radical (unpaired) electrons. The minimum Gasteiger partial charge on any atom is -0.357 e. The van der Waals surface area contributed by atoms with Crippen molar-refractivity contribution in [3.8, 4) is 0 Å². The molecule has 1 atom stereocenters. The van der Waals surface area contributed by atoms with Crippen LogP contribution in [0.3, 0.4) is 0 Å². The van der Waals surface area contributed by atoms with Gasteiger partial charge in [0.2, 0.25) is 0 Å². The number of halogens is 6. The number of nitrogens with one attached hydrogen (secondary N) is 2. The van der Waals surface area contributed by atoms with E-state index in [-0.39, 0.29) is 42.6 Å². The van der Waals surface area contributed by atoms with E-state index in [1.165, 1.54) is 13.1 Å². The molecule has 0 fully saturated rings. The van der Waals surface area contributed by atoms with Gasteiger partial charge in [-0.05, 0) is 27.0 Å². The first-order valence-electron chi connectivity index (χ1n) is 7.87. The summed E-state index contributed by atoms with van der Waals surface area (Å²) in [6.07, 6.45) is -4.25. The number of hydrogen-bond acceptors (Lipinski definition) is 2. The first-order valence-corrected chi connectivity index (χ1v) is 7.87. The van der Waals surface area contributed by atoms with E-state index in [0.717, 1.165) is 17.0 Å². The summed E-state index contributed by atoms with van der Waals surface area (Å²) in [6, 6.07) is 2.80. The summed E-state index contributed by atoms with van der Waals surface area (Å²) in [7, 11) is 1.36. The molecule has 0 aliphatic heterocycles. The molecule has 0 heterocycles. The number of aliphatic imine (C=N–C) groups is 1. The molecule has 1 rings (SSSR count). The van der Waals surface area contributed by atoms with Gasteiger partial charge >= 0.3 is 6.18 Å². The van der Waals surface area contributed by atoms with E-state index in [4.69, 9.17) is 0 Å². The fourth-order valence-corrected chi connectivity index (χ4v) is 2.17. The van der Waals surface area contributed by atoms with Crippen LogP contribution in [0.2, 0.25) is 0 Å². The summed E-state index contributed by atoms with van der Waals surface area (Å²) in [5.41, 5.74) is 0.265. The molecule has 26 heavy (non-hydrogen) atoms. The minimum absolute atomic E-state index is 0. The van der Waals surface area contributed by atoms with Crippen LogP contribution >= 0.6 is 24.0 Å². The lowest BCUT2D eigenvalue weighted by Gasteiger charge is -2.20. The van der Waals surface area contributed by atoms with E-state index >= 15 is 0 Å². The molecular weight excluding hydrogens is 470 g/mol. The molecule has 0 amide bonds. The Hall–Kier alpha value is -1.17. The van der Waals surface area contributed by atoms with E-state index in [1.807, 2.05) is 6.92 Å². The second-order valence-electron chi connectivity index (χ2n) is 5.65. The van der Waals surface area contributed by atoms with Crippen molar-refractivity contribution < 1.29 is 22.0 Å². The fraction of sp³-hybridized carbons (Fsp3) is 0.562. The van der Waals surface area contributed by atoms with Crippen molar-refractivity contribution in [2.75, 3.05) is 33.2 Å². The van der Waals surface area contributed by atoms with Crippen LogP contribution < -0.4 is 10.6 Å². The maximum Gasteiger partial charge on any atom is 0.401 e. The Bertz CT molecular complexity index is 580. The highest BCUT2D eigenvalue weighted by molar-refractivity contribution is 14.0. The minimum atomic E-state index is -4.25. The molecule has 4 nitrogen and oxygen atoms in total. The van der Waals surface area contributed by atoms with E-state index in [2.05, 4.69) is 15.6 Å². The first-order chi connectivity index (χ1) is 11.6. The third-order valence-corrected chi connectivity index (χ3v) is 3.33. The molecule has 10 heteroatoms. The molecule has 0 saturated carbocycles. The molecule has 0 spiro atoms. The van der Waals surface area contributed by atoms with Gasteiger partial charge < -0.3 is 10.6 Å².